The van der Waals surface area contributed by atoms with Crippen molar-refractivity contribution in [3.05, 3.63) is 83.4 Å². The van der Waals surface area contributed by atoms with E-state index in [-0.39, 0.29) is 17.1 Å². The Labute approximate surface area is 151 Å². The fourth-order valence-corrected chi connectivity index (χ4v) is 3.28. The van der Waals surface area contributed by atoms with Gasteiger partial charge in [0, 0.05) is 17.7 Å². The van der Waals surface area contributed by atoms with Crippen LogP contribution in [0.15, 0.2) is 60.7 Å². The van der Waals surface area contributed by atoms with Crippen molar-refractivity contribution < 1.29 is 9.18 Å². The molecular weight excluding hydrogens is 329 g/mol. The number of rotatable bonds is 5. The van der Waals surface area contributed by atoms with Crippen molar-refractivity contribution in [1.29, 1.82) is 0 Å². The van der Waals surface area contributed by atoms with Crippen LogP contribution in [-0.4, -0.2) is 22.2 Å². The van der Waals surface area contributed by atoms with Crippen LogP contribution in [0.4, 0.5) is 4.39 Å². The quantitative estimate of drug-likeness (QED) is 0.762. The highest BCUT2D eigenvalue weighted by Gasteiger charge is 2.44. The van der Waals surface area contributed by atoms with Crippen molar-refractivity contribution in [2.45, 2.75) is 25.2 Å². The topological polar surface area (TPSA) is 46.9 Å². The highest BCUT2D eigenvalue weighted by atomic mass is 19.1. The van der Waals surface area contributed by atoms with Crippen LogP contribution in [0.2, 0.25) is 0 Å². The molecule has 26 heavy (non-hydrogen) atoms. The van der Waals surface area contributed by atoms with Crippen LogP contribution in [0, 0.1) is 12.7 Å². The van der Waals surface area contributed by atoms with Crippen LogP contribution in [0.1, 0.15) is 34.6 Å². The lowest BCUT2D eigenvalue weighted by Crippen LogP contribution is -2.32. The zero-order chi connectivity index (χ0) is 18.1. The van der Waals surface area contributed by atoms with Gasteiger partial charge in [-0.2, -0.15) is 5.10 Å². The van der Waals surface area contributed by atoms with E-state index in [9.17, 15) is 9.18 Å². The number of halogens is 1. The maximum Gasteiger partial charge on any atom is 0.271 e. The summed E-state index contributed by atoms with van der Waals surface area (Å²) in [6.07, 6.45) is 1.99. The van der Waals surface area contributed by atoms with Crippen LogP contribution in [0.25, 0.3) is 5.69 Å². The smallest absolute Gasteiger partial charge is 0.271 e. The summed E-state index contributed by atoms with van der Waals surface area (Å²) in [4.78, 5) is 12.6. The van der Waals surface area contributed by atoms with E-state index in [1.165, 1.54) is 12.1 Å². The SMILES string of the molecule is Cc1cc(C(=O)NCC2(c3ccc(F)cc3)CC2)nn1-c1ccccc1. The Morgan fingerprint density at radius 2 is 1.85 bits per heavy atom. The molecule has 1 heterocycles. The number of aromatic nitrogens is 2. The summed E-state index contributed by atoms with van der Waals surface area (Å²) >= 11 is 0. The van der Waals surface area contributed by atoms with Gasteiger partial charge in [0.1, 0.15) is 5.82 Å². The molecular formula is C21H20FN3O. The van der Waals surface area contributed by atoms with Gasteiger partial charge < -0.3 is 5.32 Å². The summed E-state index contributed by atoms with van der Waals surface area (Å²) < 4.78 is 14.9. The molecule has 0 saturated heterocycles. The fourth-order valence-electron chi connectivity index (χ4n) is 3.28. The number of amides is 1. The Morgan fingerprint density at radius 3 is 2.50 bits per heavy atom. The van der Waals surface area contributed by atoms with Crippen molar-refractivity contribution in [2.24, 2.45) is 0 Å². The maximum absolute atomic E-state index is 13.1. The summed E-state index contributed by atoms with van der Waals surface area (Å²) in [5, 5.41) is 7.44. The van der Waals surface area contributed by atoms with Gasteiger partial charge in [0.25, 0.3) is 5.91 Å². The lowest BCUT2D eigenvalue weighted by atomic mass is 9.96. The molecule has 2 aromatic carbocycles. The molecule has 1 amide bonds. The van der Waals surface area contributed by atoms with E-state index in [1.54, 1.807) is 10.7 Å². The molecule has 3 aromatic rings. The lowest BCUT2D eigenvalue weighted by molar-refractivity contribution is 0.0944. The monoisotopic (exact) mass is 349 g/mol. The van der Waals surface area contributed by atoms with Gasteiger partial charge in [-0.3, -0.25) is 4.79 Å². The molecule has 0 unspecified atom stereocenters. The predicted octanol–water partition coefficient (Wildman–Crippen LogP) is 3.78. The zero-order valence-corrected chi connectivity index (χ0v) is 14.6. The number of nitrogens with one attached hydrogen (secondary N) is 1. The number of nitrogens with zero attached hydrogens (tertiary/aromatic N) is 2. The molecule has 0 radical (unpaired) electrons. The highest BCUT2D eigenvalue weighted by Crippen LogP contribution is 2.47. The van der Waals surface area contributed by atoms with Gasteiger partial charge in [-0.1, -0.05) is 30.3 Å². The fraction of sp³-hybridized carbons (Fsp3) is 0.238. The molecule has 1 fully saturated rings. The summed E-state index contributed by atoms with van der Waals surface area (Å²) in [7, 11) is 0. The van der Waals surface area contributed by atoms with Crippen LogP contribution < -0.4 is 5.32 Å². The largest absolute Gasteiger partial charge is 0.350 e. The Bertz CT molecular complexity index is 928. The van der Waals surface area contributed by atoms with Gasteiger partial charge in [0.2, 0.25) is 0 Å². The second-order valence-electron chi connectivity index (χ2n) is 6.89. The summed E-state index contributed by atoms with van der Waals surface area (Å²) in [5.41, 5.74) is 3.24. The number of carbonyl (C=O) groups is 1. The molecule has 0 aliphatic heterocycles. The average Bonchev–Trinajstić information content (AvgIpc) is 3.35. The standard InChI is InChI=1S/C21H20FN3O/c1-15-13-19(24-25(15)18-5-3-2-4-6-18)20(26)23-14-21(11-12-21)16-7-9-17(22)10-8-16/h2-10,13H,11-12,14H2,1H3,(H,23,26). The third-order valence-electron chi connectivity index (χ3n) is 5.02. The molecule has 5 heteroatoms. The van der Waals surface area contributed by atoms with E-state index in [0.29, 0.717) is 12.2 Å². The number of hydrogen-bond donors (Lipinski definition) is 1. The molecule has 1 aromatic heterocycles. The number of aryl methyl sites for hydroxylation is 1. The van der Waals surface area contributed by atoms with Gasteiger partial charge in [0.15, 0.2) is 5.69 Å². The first-order valence-electron chi connectivity index (χ1n) is 8.74. The van der Waals surface area contributed by atoms with Crippen molar-refractivity contribution in [3.63, 3.8) is 0 Å². The predicted molar refractivity (Wildman–Crippen MR) is 97.9 cm³/mol. The van der Waals surface area contributed by atoms with E-state index in [2.05, 4.69) is 10.4 Å². The summed E-state index contributed by atoms with van der Waals surface area (Å²) in [6.45, 7) is 2.46. The number of hydrogen-bond acceptors (Lipinski definition) is 2. The second kappa shape index (κ2) is 6.41. The minimum Gasteiger partial charge on any atom is -0.350 e. The second-order valence-corrected chi connectivity index (χ2v) is 6.89. The Hall–Kier alpha value is -2.95. The van der Waals surface area contributed by atoms with E-state index < -0.39 is 0 Å². The molecule has 4 rings (SSSR count). The Balaban J connectivity index is 1.47. The molecule has 1 N–H and O–H groups in total. The summed E-state index contributed by atoms with van der Waals surface area (Å²) in [6, 6.07) is 18.1. The third-order valence-corrected chi connectivity index (χ3v) is 5.02. The molecule has 132 valence electrons. The Kier molecular flexibility index (Phi) is 4.07. The van der Waals surface area contributed by atoms with Crippen LogP contribution >= 0.6 is 0 Å². The van der Waals surface area contributed by atoms with Gasteiger partial charge in [-0.25, -0.2) is 9.07 Å². The third kappa shape index (κ3) is 3.12. The minimum atomic E-state index is -0.240. The highest BCUT2D eigenvalue weighted by molar-refractivity contribution is 5.92. The molecule has 1 aliphatic carbocycles. The van der Waals surface area contributed by atoms with Crippen molar-refractivity contribution >= 4 is 5.91 Å². The van der Waals surface area contributed by atoms with Crippen LogP contribution in [-0.2, 0) is 5.41 Å². The van der Waals surface area contributed by atoms with Crippen molar-refractivity contribution in [3.8, 4) is 5.69 Å². The maximum atomic E-state index is 13.1. The molecule has 0 bridgehead atoms. The van der Waals surface area contributed by atoms with Crippen LogP contribution in [0.3, 0.4) is 0 Å². The van der Waals surface area contributed by atoms with E-state index in [0.717, 1.165) is 29.8 Å². The molecule has 0 atom stereocenters. The molecule has 0 spiro atoms. The normalized spacial score (nSPS) is 14.8. The average molecular weight is 349 g/mol. The summed E-state index contributed by atoms with van der Waals surface area (Å²) in [5.74, 6) is -0.424. The van der Waals surface area contributed by atoms with Crippen LogP contribution in [0.5, 0.6) is 0 Å². The van der Waals surface area contributed by atoms with E-state index in [1.807, 2.05) is 49.4 Å². The first kappa shape index (κ1) is 16.5. The lowest BCUT2D eigenvalue weighted by Gasteiger charge is -2.16. The number of benzene rings is 2. The number of para-hydroxylation sites is 1. The molecule has 1 saturated carbocycles. The zero-order valence-electron chi connectivity index (χ0n) is 14.6. The van der Waals surface area contributed by atoms with E-state index in [4.69, 9.17) is 0 Å². The van der Waals surface area contributed by atoms with Gasteiger partial charge in [0.05, 0.1) is 5.69 Å². The van der Waals surface area contributed by atoms with Crippen molar-refractivity contribution in [2.75, 3.05) is 6.54 Å². The van der Waals surface area contributed by atoms with Crippen molar-refractivity contribution in [1.82, 2.24) is 15.1 Å². The van der Waals surface area contributed by atoms with Gasteiger partial charge >= 0.3 is 0 Å². The van der Waals surface area contributed by atoms with Gasteiger partial charge in [-0.15, -0.1) is 0 Å². The number of carbonyl (C=O) groups excluding carboxylic acids is 1. The van der Waals surface area contributed by atoms with E-state index >= 15 is 0 Å². The first-order valence-corrected chi connectivity index (χ1v) is 8.74. The molecule has 1 aliphatic rings. The minimum absolute atomic E-state index is 0.0690. The Morgan fingerprint density at radius 1 is 1.15 bits per heavy atom. The molecule has 4 nitrogen and oxygen atoms in total. The van der Waals surface area contributed by atoms with Gasteiger partial charge in [-0.05, 0) is 55.7 Å². The first-order chi connectivity index (χ1) is 12.6.